The average molecular weight is 520 g/mol. The molecule has 1 amide bonds. The lowest BCUT2D eigenvalue weighted by atomic mass is 10.0. The summed E-state index contributed by atoms with van der Waals surface area (Å²) in [6.07, 6.45) is -0.543. The first-order valence-corrected chi connectivity index (χ1v) is 13.7. The quantitative estimate of drug-likeness (QED) is 0.368. The first kappa shape index (κ1) is 27.9. The number of aryl methyl sites for hydroxylation is 1. The maximum atomic E-state index is 13.4. The van der Waals surface area contributed by atoms with Crippen LogP contribution >= 0.6 is 0 Å². The van der Waals surface area contributed by atoms with Gasteiger partial charge >= 0.3 is 6.09 Å². The number of aliphatic hydroxyl groups excluding tert-OH is 1. The zero-order chi connectivity index (χ0) is 26.1. The second-order valence-corrected chi connectivity index (χ2v) is 11.5. The fourth-order valence-corrected chi connectivity index (χ4v) is 5.69. The summed E-state index contributed by atoms with van der Waals surface area (Å²) in [5, 5.41) is 14.0. The molecule has 0 unspecified atom stereocenters. The Kier molecular flexibility index (Phi) is 10.1. The van der Waals surface area contributed by atoms with Gasteiger partial charge in [0.25, 0.3) is 0 Å². The number of carbonyl (C=O) groups excluding carboxylic acids is 1. The molecule has 2 aromatic carbocycles. The molecule has 9 nitrogen and oxygen atoms in total. The molecular weight excluding hydrogens is 482 g/mol. The number of sulfonamides is 1. The Hall–Kier alpha value is -2.66. The fourth-order valence-electron chi connectivity index (χ4n) is 4.07. The van der Waals surface area contributed by atoms with Gasteiger partial charge in [0.15, 0.2) is 0 Å². The summed E-state index contributed by atoms with van der Waals surface area (Å²) in [4.78, 5) is 12.7. The van der Waals surface area contributed by atoms with Crippen molar-refractivity contribution in [1.29, 1.82) is 0 Å². The predicted molar refractivity (Wildman–Crippen MR) is 138 cm³/mol. The van der Waals surface area contributed by atoms with Crippen LogP contribution < -0.4 is 11.1 Å². The van der Waals surface area contributed by atoms with E-state index in [0.29, 0.717) is 38.2 Å². The number of hydrogen-bond acceptors (Lipinski definition) is 7. The predicted octanol–water partition coefficient (Wildman–Crippen LogP) is 2.79. The number of amides is 1. The molecule has 0 radical (unpaired) electrons. The van der Waals surface area contributed by atoms with E-state index in [1.165, 1.54) is 28.6 Å². The number of nitrogens with one attached hydrogen (secondary N) is 1. The Morgan fingerprint density at radius 2 is 1.86 bits per heavy atom. The van der Waals surface area contributed by atoms with Gasteiger partial charge in [-0.05, 0) is 48.6 Å². The summed E-state index contributed by atoms with van der Waals surface area (Å²) >= 11 is 0. The molecule has 10 heteroatoms. The molecule has 0 bridgehead atoms. The van der Waals surface area contributed by atoms with Crippen LogP contribution in [-0.2, 0) is 25.9 Å². The van der Waals surface area contributed by atoms with Crippen molar-refractivity contribution in [2.45, 2.75) is 56.3 Å². The standard InChI is InChI=1S/C26H37N3O6S/c1-19(2)16-29(36(32,33)23-11-9-21(27)10-12-23)17-25(30)24(13-8-20-6-4-3-5-7-20)28-26(31)35-22-14-15-34-18-22/h3-7,9-12,19,22,24-25,30H,8,13-18,27H2,1-2H3,(H,28,31)/t22-,24-,25+/m0/s1. The highest BCUT2D eigenvalue weighted by Crippen LogP contribution is 2.20. The van der Waals surface area contributed by atoms with Crippen molar-refractivity contribution in [3.05, 3.63) is 60.2 Å². The number of anilines is 1. The monoisotopic (exact) mass is 519 g/mol. The lowest BCUT2D eigenvalue weighted by Gasteiger charge is -2.30. The van der Waals surface area contributed by atoms with E-state index in [0.717, 1.165) is 5.56 Å². The number of alkyl carbamates (subject to hydrolysis) is 1. The van der Waals surface area contributed by atoms with E-state index >= 15 is 0 Å². The van der Waals surface area contributed by atoms with Crippen molar-refractivity contribution >= 4 is 21.8 Å². The normalized spacial score (nSPS) is 17.8. The lowest BCUT2D eigenvalue weighted by molar-refractivity contribution is 0.0629. The van der Waals surface area contributed by atoms with Crippen LogP contribution in [0.1, 0.15) is 32.3 Å². The number of rotatable bonds is 12. The number of hydrogen-bond donors (Lipinski definition) is 3. The molecule has 3 atom stereocenters. The topological polar surface area (TPSA) is 131 Å². The Labute approximate surface area is 213 Å². The second-order valence-electron chi connectivity index (χ2n) is 9.52. The Bertz CT molecular complexity index is 1060. The van der Waals surface area contributed by atoms with Crippen LogP contribution in [0.15, 0.2) is 59.5 Å². The third kappa shape index (κ3) is 8.19. The van der Waals surface area contributed by atoms with Crippen LogP contribution in [-0.4, -0.2) is 68.5 Å². The molecule has 36 heavy (non-hydrogen) atoms. The Morgan fingerprint density at radius 1 is 1.17 bits per heavy atom. The maximum absolute atomic E-state index is 13.4. The van der Waals surface area contributed by atoms with Crippen LogP contribution in [0.2, 0.25) is 0 Å². The summed E-state index contributed by atoms with van der Waals surface area (Å²) < 4.78 is 38.8. The molecule has 3 rings (SSSR count). The number of aliphatic hydroxyl groups is 1. The minimum Gasteiger partial charge on any atom is -0.444 e. The summed E-state index contributed by atoms with van der Waals surface area (Å²) in [5.41, 5.74) is 7.23. The number of benzene rings is 2. The molecule has 1 saturated heterocycles. The number of nitrogens with zero attached hydrogens (tertiary/aromatic N) is 1. The first-order valence-electron chi connectivity index (χ1n) is 12.3. The molecule has 0 spiro atoms. The first-order chi connectivity index (χ1) is 17.1. The minimum absolute atomic E-state index is 0.0174. The largest absolute Gasteiger partial charge is 0.444 e. The summed E-state index contributed by atoms with van der Waals surface area (Å²) in [7, 11) is -3.90. The van der Waals surface area contributed by atoms with Gasteiger partial charge in [-0.1, -0.05) is 44.2 Å². The van der Waals surface area contributed by atoms with E-state index in [2.05, 4.69) is 5.32 Å². The van der Waals surface area contributed by atoms with Crippen molar-refractivity contribution < 1.29 is 27.8 Å². The van der Waals surface area contributed by atoms with Crippen molar-refractivity contribution in [2.24, 2.45) is 5.92 Å². The van der Waals surface area contributed by atoms with Gasteiger partial charge in [-0.2, -0.15) is 4.31 Å². The number of nitrogens with two attached hydrogens (primary N) is 1. The highest BCUT2D eigenvalue weighted by atomic mass is 32.2. The van der Waals surface area contributed by atoms with E-state index in [-0.39, 0.29) is 30.0 Å². The third-order valence-electron chi connectivity index (χ3n) is 5.99. The van der Waals surface area contributed by atoms with E-state index in [9.17, 15) is 18.3 Å². The lowest BCUT2D eigenvalue weighted by Crippen LogP contribution is -2.50. The maximum Gasteiger partial charge on any atom is 0.407 e. The highest BCUT2D eigenvalue weighted by Gasteiger charge is 2.32. The van der Waals surface area contributed by atoms with Crippen LogP contribution in [0.4, 0.5) is 10.5 Å². The van der Waals surface area contributed by atoms with Gasteiger partial charge in [-0.25, -0.2) is 13.2 Å². The van der Waals surface area contributed by atoms with E-state index in [4.69, 9.17) is 15.2 Å². The van der Waals surface area contributed by atoms with Crippen LogP contribution in [0, 0.1) is 5.92 Å². The fraction of sp³-hybridized carbons (Fsp3) is 0.500. The van der Waals surface area contributed by atoms with Crippen LogP contribution in [0.5, 0.6) is 0 Å². The van der Waals surface area contributed by atoms with Crippen molar-refractivity contribution in [3.8, 4) is 0 Å². The summed E-state index contributed by atoms with van der Waals surface area (Å²) in [5.74, 6) is 0.0174. The minimum atomic E-state index is -3.90. The molecular formula is C26H37N3O6S. The molecule has 1 aliphatic rings. The van der Waals surface area contributed by atoms with Gasteiger partial charge in [0.1, 0.15) is 6.10 Å². The highest BCUT2D eigenvalue weighted by molar-refractivity contribution is 7.89. The molecule has 1 aliphatic heterocycles. The van der Waals surface area contributed by atoms with Gasteiger partial charge in [-0.3, -0.25) is 0 Å². The zero-order valence-electron chi connectivity index (χ0n) is 20.9. The molecule has 2 aromatic rings. The average Bonchev–Trinajstić information content (AvgIpc) is 3.34. The molecule has 0 aromatic heterocycles. The number of ether oxygens (including phenoxy) is 2. The van der Waals surface area contributed by atoms with E-state index in [1.54, 1.807) is 0 Å². The van der Waals surface area contributed by atoms with Crippen molar-refractivity contribution in [1.82, 2.24) is 9.62 Å². The van der Waals surface area contributed by atoms with Crippen molar-refractivity contribution in [3.63, 3.8) is 0 Å². The molecule has 0 aliphatic carbocycles. The number of nitrogen functional groups attached to an aromatic ring is 1. The van der Waals surface area contributed by atoms with Gasteiger partial charge < -0.3 is 25.6 Å². The van der Waals surface area contributed by atoms with Gasteiger partial charge in [0, 0.05) is 25.2 Å². The second kappa shape index (κ2) is 13.0. The molecule has 0 saturated carbocycles. The molecule has 198 valence electrons. The molecule has 1 fully saturated rings. The van der Waals surface area contributed by atoms with Gasteiger partial charge in [-0.15, -0.1) is 0 Å². The smallest absolute Gasteiger partial charge is 0.407 e. The van der Waals surface area contributed by atoms with Gasteiger partial charge in [0.2, 0.25) is 10.0 Å². The van der Waals surface area contributed by atoms with Crippen LogP contribution in [0.3, 0.4) is 0 Å². The van der Waals surface area contributed by atoms with Gasteiger partial charge in [0.05, 0.1) is 30.3 Å². The summed E-state index contributed by atoms with van der Waals surface area (Å²) in [6.45, 7) is 4.71. The number of carbonyl (C=O) groups is 1. The van der Waals surface area contributed by atoms with E-state index < -0.39 is 28.3 Å². The molecule has 4 N–H and O–H groups in total. The Morgan fingerprint density at radius 3 is 2.47 bits per heavy atom. The Balaban J connectivity index is 1.76. The zero-order valence-corrected chi connectivity index (χ0v) is 21.7. The summed E-state index contributed by atoms with van der Waals surface area (Å²) in [6, 6.07) is 14.9. The third-order valence-corrected chi connectivity index (χ3v) is 7.84. The van der Waals surface area contributed by atoms with Crippen molar-refractivity contribution in [2.75, 3.05) is 32.0 Å². The SMILES string of the molecule is CC(C)CN(C[C@@H](O)[C@H](CCc1ccccc1)NC(=O)O[C@H]1CCOC1)S(=O)(=O)c1ccc(N)cc1. The molecule has 1 heterocycles. The van der Waals surface area contributed by atoms with Crippen LogP contribution in [0.25, 0.3) is 0 Å². The van der Waals surface area contributed by atoms with E-state index in [1.807, 2.05) is 44.2 Å².